The van der Waals surface area contributed by atoms with Crippen LogP contribution < -0.4 is 16.4 Å². The highest BCUT2D eigenvalue weighted by atomic mass is 35.5. The van der Waals surface area contributed by atoms with Gasteiger partial charge in [-0.15, -0.1) is 0 Å². The quantitative estimate of drug-likeness (QED) is 0.540. The molecule has 0 fully saturated rings. The molecule has 0 amide bonds. The van der Waals surface area contributed by atoms with Gasteiger partial charge in [0.25, 0.3) is 0 Å². The second-order valence-corrected chi connectivity index (χ2v) is 3.95. The third-order valence-electron chi connectivity index (χ3n) is 1.87. The molecule has 0 aromatic heterocycles. The Labute approximate surface area is 107 Å². The van der Waals surface area contributed by atoms with E-state index >= 15 is 0 Å². The van der Waals surface area contributed by atoms with E-state index in [1.165, 1.54) is 11.9 Å². The van der Waals surface area contributed by atoms with E-state index in [1.807, 2.05) is 0 Å². The number of halogens is 3. The summed E-state index contributed by atoms with van der Waals surface area (Å²) in [4.78, 5) is 4.77. The van der Waals surface area contributed by atoms with Crippen molar-refractivity contribution >= 4 is 40.8 Å². The Morgan fingerprint density at radius 1 is 1.35 bits per heavy atom. The van der Waals surface area contributed by atoms with Gasteiger partial charge in [0, 0.05) is 7.05 Å². The van der Waals surface area contributed by atoms with Crippen LogP contribution in [0, 0.1) is 11.2 Å². The zero-order valence-electron chi connectivity index (χ0n) is 8.84. The van der Waals surface area contributed by atoms with Crippen molar-refractivity contribution in [2.24, 2.45) is 16.5 Å². The minimum absolute atomic E-state index is 0.0630. The van der Waals surface area contributed by atoms with E-state index in [2.05, 4.69) is 4.99 Å². The number of nitrogens with one attached hydrogen (secondary N) is 1. The fourth-order valence-corrected chi connectivity index (χ4v) is 1.87. The molecule has 5 N–H and O–H groups in total. The summed E-state index contributed by atoms with van der Waals surface area (Å²) in [7, 11) is 1.49. The van der Waals surface area contributed by atoms with Crippen molar-refractivity contribution in [3.63, 3.8) is 0 Å². The maximum atomic E-state index is 13.0. The molecule has 0 aliphatic rings. The van der Waals surface area contributed by atoms with Crippen LogP contribution in [0.15, 0.2) is 17.1 Å². The summed E-state index contributed by atoms with van der Waals surface area (Å²) in [6.45, 7) is 0. The molecule has 0 bridgehead atoms. The standard InChI is InChI=1S/C9H10Cl2FN5/c1-17(9(15)16-8(13)14)7-5(10)2-4(12)3-6(7)11/h2-3H,1H3,(H5,13,14,15,16). The first-order chi connectivity index (χ1) is 7.82. The van der Waals surface area contributed by atoms with Gasteiger partial charge in [0.2, 0.25) is 5.96 Å². The molecule has 0 aliphatic carbocycles. The highest BCUT2D eigenvalue weighted by molar-refractivity contribution is 6.40. The lowest BCUT2D eigenvalue weighted by Gasteiger charge is -2.19. The summed E-state index contributed by atoms with van der Waals surface area (Å²) in [5, 5.41) is 7.70. The van der Waals surface area contributed by atoms with Gasteiger partial charge < -0.3 is 16.4 Å². The van der Waals surface area contributed by atoms with Gasteiger partial charge in [0.1, 0.15) is 5.82 Å². The molecule has 0 saturated carbocycles. The molecule has 0 radical (unpaired) electrons. The molecule has 5 nitrogen and oxygen atoms in total. The number of nitrogens with two attached hydrogens (primary N) is 2. The number of hydrogen-bond acceptors (Lipinski definition) is 1. The number of rotatable bonds is 1. The second kappa shape index (κ2) is 5.20. The van der Waals surface area contributed by atoms with Crippen molar-refractivity contribution in [1.82, 2.24) is 0 Å². The molecule has 0 aliphatic heterocycles. The third kappa shape index (κ3) is 3.21. The summed E-state index contributed by atoms with van der Waals surface area (Å²) in [5.74, 6) is -1.10. The predicted octanol–water partition coefficient (Wildman–Crippen LogP) is 1.78. The van der Waals surface area contributed by atoms with Gasteiger partial charge in [0.15, 0.2) is 5.96 Å². The lowest BCUT2D eigenvalue weighted by molar-refractivity contribution is 0.628. The van der Waals surface area contributed by atoms with Crippen LogP contribution >= 0.6 is 23.2 Å². The SMILES string of the molecule is CN(C(=N)N=C(N)N)c1c(Cl)cc(F)cc1Cl. The molecule has 0 saturated heterocycles. The van der Waals surface area contributed by atoms with Gasteiger partial charge in [-0.3, -0.25) is 5.41 Å². The molecular weight excluding hydrogens is 268 g/mol. The topological polar surface area (TPSA) is 91.5 Å². The Balaban J connectivity index is 3.17. The van der Waals surface area contributed by atoms with Crippen LogP contribution in [0.5, 0.6) is 0 Å². The van der Waals surface area contributed by atoms with Crippen molar-refractivity contribution in [2.75, 3.05) is 11.9 Å². The van der Waals surface area contributed by atoms with E-state index in [-0.39, 0.29) is 27.7 Å². The average molecular weight is 278 g/mol. The first kappa shape index (κ1) is 13.5. The third-order valence-corrected chi connectivity index (χ3v) is 2.45. The van der Waals surface area contributed by atoms with Crippen LogP contribution in [0.25, 0.3) is 0 Å². The largest absolute Gasteiger partial charge is 0.370 e. The maximum Gasteiger partial charge on any atom is 0.225 e. The minimum Gasteiger partial charge on any atom is -0.370 e. The van der Waals surface area contributed by atoms with Crippen LogP contribution in [0.3, 0.4) is 0 Å². The first-order valence-electron chi connectivity index (χ1n) is 4.39. The van der Waals surface area contributed by atoms with Gasteiger partial charge in [0.05, 0.1) is 15.7 Å². The van der Waals surface area contributed by atoms with Gasteiger partial charge in [-0.05, 0) is 12.1 Å². The predicted molar refractivity (Wildman–Crippen MR) is 68.4 cm³/mol. The molecule has 17 heavy (non-hydrogen) atoms. The van der Waals surface area contributed by atoms with Gasteiger partial charge in [-0.1, -0.05) is 23.2 Å². The number of hydrogen-bond donors (Lipinski definition) is 3. The Bertz CT molecular complexity index is 461. The molecule has 0 atom stereocenters. The van der Waals surface area contributed by atoms with Crippen LogP contribution in [0.4, 0.5) is 10.1 Å². The minimum atomic E-state index is -0.564. The Morgan fingerprint density at radius 3 is 2.24 bits per heavy atom. The van der Waals surface area contributed by atoms with Gasteiger partial charge in [-0.2, -0.15) is 4.99 Å². The van der Waals surface area contributed by atoms with Gasteiger partial charge >= 0.3 is 0 Å². The Morgan fingerprint density at radius 2 is 1.82 bits per heavy atom. The van der Waals surface area contributed by atoms with E-state index in [1.54, 1.807) is 0 Å². The average Bonchev–Trinajstić information content (AvgIpc) is 2.14. The normalized spacial score (nSPS) is 9.88. The molecule has 0 heterocycles. The lowest BCUT2D eigenvalue weighted by atomic mass is 10.3. The van der Waals surface area contributed by atoms with Crippen molar-refractivity contribution in [1.29, 1.82) is 5.41 Å². The molecule has 1 rings (SSSR count). The number of guanidine groups is 2. The number of nitrogens with zero attached hydrogens (tertiary/aromatic N) is 2. The Hall–Kier alpha value is -1.53. The molecule has 8 heteroatoms. The fourth-order valence-electron chi connectivity index (χ4n) is 1.16. The molecular formula is C9H10Cl2FN5. The lowest BCUT2D eigenvalue weighted by Crippen LogP contribution is -2.30. The van der Waals surface area contributed by atoms with E-state index in [0.717, 1.165) is 12.1 Å². The second-order valence-electron chi connectivity index (χ2n) is 3.14. The van der Waals surface area contributed by atoms with E-state index in [4.69, 9.17) is 40.1 Å². The highest BCUT2D eigenvalue weighted by Crippen LogP contribution is 2.34. The number of aliphatic imine (C=N–C) groups is 1. The van der Waals surface area contributed by atoms with E-state index in [0.29, 0.717) is 0 Å². The van der Waals surface area contributed by atoms with E-state index < -0.39 is 5.82 Å². The fraction of sp³-hybridized carbons (Fsp3) is 0.111. The zero-order valence-corrected chi connectivity index (χ0v) is 10.3. The van der Waals surface area contributed by atoms with Crippen LogP contribution in [0.2, 0.25) is 10.0 Å². The summed E-state index contributed by atoms with van der Waals surface area (Å²) < 4.78 is 13.0. The smallest absolute Gasteiger partial charge is 0.225 e. The van der Waals surface area contributed by atoms with Crippen molar-refractivity contribution < 1.29 is 4.39 Å². The van der Waals surface area contributed by atoms with Crippen molar-refractivity contribution in [2.45, 2.75) is 0 Å². The molecule has 0 spiro atoms. The van der Waals surface area contributed by atoms with Crippen LogP contribution in [-0.4, -0.2) is 19.0 Å². The first-order valence-corrected chi connectivity index (χ1v) is 5.15. The van der Waals surface area contributed by atoms with Crippen LogP contribution in [-0.2, 0) is 0 Å². The van der Waals surface area contributed by atoms with Crippen LogP contribution in [0.1, 0.15) is 0 Å². The van der Waals surface area contributed by atoms with Crippen molar-refractivity contribution in [3.05, 3.63) is 28.0 Å². The zero-order chi connectivity index (χ0) is 13.2. The maximum absolute atomic E-state index is 13.0. The summed E-state index contributed by atoms with van der Waals surface area (Å²) in [5.41, 5.74) is 10.5. The summed E-state index contributed by atoms with van der Waals surface area (Å²) >= 11 is 11.7. The van der Waals surface area contributed by atoms with E-state index in [9.17, 15) is 4.39 Å². The molecule has 0 unspecified atom stereocenters. The molecule has 1 aromatic carbocycles. The highest BCUT2D eigenvalue weighted by Gasteiger charge is 2.15. The monoisotopic (exact) mass is 277 g/mol. The summed E-state index contributed by atoms with van der Waals surface area (Å²) in [6.07, 6.45) is 0. The van der Waals surface area contributed by atoms with Gasteiger partial charge in [-0.25, -0.2) is 4.39 Å². The van der Waals surface area contributed by atoms with Crippen molar-refractivity contribution in [3.8, 4) is 0 Å². The summed E-state index contributed by atoms with van der Waals surface area (Å²) in [6, 6.07) is 2.17. The molecule has 1 aromatic rings. The number of anilines is 1. The number of benzene rings is 1. The molecule has 92 valence electrons. The Kier molecular flexibility index (Phi) is 4.14.